The zero-order valence-corrected chi connectivity index (χ0v) is 15.2. The van der Waals surface area contributed by atoms with E-state index in [1.54, 1.807) is 23.5 Å². The van der Waals surface area contributed by atoms with Crippen LogP contribution in [0.15, 0.2) is 73.1 Å². The molecule has 132 valence electrons. The summed E-state index contributed by atoms with van der Waals surface area (Å²) in [5, 5.41) is 12.3. The van der Waals surface area contributed by atoms with E-state index in [9.17, 15) is 0 Å². The lowest BCUT2D eigenvalue weighted by atomic mass is 9.86. The highest BCUT2D eigenvalue weighted by Gasteiger charge is 2.13. The van der Waals surface area contributed by atoms with E-state index < -0.39 is 0 Å². The average Bonchev–Trinajstić information content (AvgIpc) is 3.23. The van der Waals surface area contributed by atoms with Gasteiger partial charge in [-0.25, -0.2) is 0 Å². The first-order chi connectivity index (χ1) is 13.4. The molecule has 1 aliphatic rings. The second kappa shape index (κ2) is 6.84. The maximum absolute atomic E-state index is 4.05. The molecule has 3 aromatic carbocycles. The summed E-state index contributed by atoms with van der Waals surface area (Å²) in [4.78, 5) is 4.05. The van der Waals surface area contributed by atoms with Crippen molar-refractivity contribution in [1.82, 2.24) is 15.2 Å². The summed E-state index contributed by atoms with van der Waals surface area (Å²) < 4.78 is 0. The molecule has 1 aliphatic carbocycles. The fraction of sp³-hybridized carbons (Fsp3) is 0.167. The first kappa shape index (κ1) is 16.0. The molecule has 3 heteroatoms. The van der Waals surface area contributed by atoms with Gasteiger partial charge < -0.3 is 0 Å². The van der Waals surface area contributed by atoms with Crippen LogP contribution in [0.3, 0.4) is 0 Å². The van der Waals surface area contributed by atoms with Gasteiger partial charge in [-0.05, 0) is 70.5 Å². The van der Waals surface area contributed by atoms with Crippen LogP contribution in [0, 0.1) is 0 Å². The monoisotopic (exact) mass is 351 g/mol. The SMILES string of the molecule is c1ccc2c(c1)ccc1c3c(ccc12)CCCC3.c1cnc2cn[nH]c2c1. The summed E-state index contributed by atoms with van der Waals surface area (Å²) in [7, 11) is 0. The standard InChI is InChI=1S/C18H16.C6H5N3/c1-3-7-15-13(5-1)9-11-18-16-8-4-2-6-14(16)10-12-17(15)18;1-2-5-6(7-3-1)4-8-9-5/h1,3,5,7,9-12H,2,4,6,8H2;1-4H,(H,8,9). The van der Waals surface area contributed by atoms with Gasteiger partial charge in [0.05, 0.1) is 11.7 Å². The van der Waals surface area contributed by atoms with Crippen LogP contribution in [0.2, 0.25) is 0 Å². The smallest absolute Gasteiger partial charge is 0.108 e. The molecule has 0 bridgehead atoms. The van der Waals surface area contributed by atoms with Crippen molar-refractivity contribution < 1.29 is 0 Å². The number of hydrogen-bond donors (Lipinski definition) is 1. The molecule has 3 nitrogen and oxygen atoms in total. The van der Waals surface area contributed by atoms with Gasteiger partial charge in [0.2, 0.25) is 0 Å². The zero-order chi connectivity index (χ0) is 18.1. The van der Waals surface area contributed by atoms with Crippen molar-refractivity contribution in [2.45, 2.75) is 25.7 Å². The lowest BCUT2D eigenvalue weighted by molar-refractivity contribution is 0.690. The Kier molecular flexibility index (Phi) is 4.06. The Hall–Kier alpha value is -3.20. The third-order valence-corrected chi connectivity index (χ3v) is 5.47. The number of pyridine rings is 1. The predicted octanol–water partition coefficient (Wildman–Crippen LogP) is 5.83. The summed E-state index contributed by atoms with van der Waals surface area (Å²) in [6, 6.07) is 21.8. The summed E-state index contributed by atoms with van der Waals surface area (Å²) in [5.74, 6) is 0. The van der Waals surface area contributed by atoms with Crippen LogP contribution >= 0.6 is 0 Å². The highest BCUT2D eigenvalue weighted by atomic mass is 15.1. The van der Waals surface area contributed by atoms with Gasteiger partial charge in [0, 0.05) is 6.20 Å². The molecular formula is C24H21N3. The molecule has 6 rings (SSSR count). The van der Waals surface area contributed by atoms with E-state index in [-0.39, 0.29) is 0 Å². The van der Waals surface area contributed by atoms with Gasteiger partial charge in [0.1, 0.15) is 5.52 Å². The molecule has 0 atom stereocenters. The molecular weight excluding hydrogens is 330 g/mol. The van der Waals surface area contributed by atoms with Crippen molar-refractivity contribution in [3.05, 3.63) is 84.2 Å². The van der Waals surface area contributed by atoms with Crippen molar-refractivity contribution in [2.24, 2.45) is 0 Å². The summed E-state index contributed by atoms with van der Waals surface area (Å²) >= 11 is 0. The molecule has 27 heavy (non-hydrogen) atoms. The van der Waals surface area contributed by atoms with Crippen LogP contribution in [0.5, 0.6) is 0 Å². The Morgan fingerprint density at radius 1 is 0.741 bits per heavy atom. The number of hydrogen-bond acceptors (Lipinski definition) is 2. The summed E-state index contributed by atoms with van der Waals surface area (Å²) in [6.07, 6.45) is 8.67. The van der Waals surface area contributed by atoms with Gasteiger partial charge in [-0.2, -0.15) is 5.10 Å². The van der Waals surface area contributed by atoms with Crippen molar-refractivity contribution in [1.29, 1.82) is 0 Å². The number of nitrogens with one attached hydrogen (secondary N) is 1. The molecule has 0 spiro atoms. The van der Waals surface area contributed by atoms with Gasteiger partial charge in [-0.1, -0.05) is 48.5 Å². The van der Waals surface area contributed by atoms with E-state index in [4.69, 9.17) is 0 Å². The fourth-order valence-corrected chi connectivity index (χ4v) is 4.12. The minimum Gasteiger partial charge on any atom is -0.276 e. The van der Waals surface area contributed by atoms with Gasteiger partial charge in [0.25, 0.3) is 0 Å². The minimum atomic E-state index is 0.914. The van der Waals surface area contributed by atoms with E-state index in [1.807, 2.05) is 12.1 Å². The number of aromatic nitrogens is 3. The first-order valence-electron chi connectivity index (χ1n) is 9.56. The second-order valence-electron chi connectivity index (χ2n) is 7.10. The Morgan fingerprint density at radius 2 is 1.63 bits per heavy atom. The number of nitrogens with zero attached hydrogens (tertiary/aromatic N) is 2. The topological polar surface area (TPSA) is 41.6 Å². The Labute approximate surface area is 158 Å². The first-order valence-corrected chi connectivity index (χ1v) is 9.56. The molecule has 0 fully saturated rings. The number of fused-ring (bicyclic) bond motifs is 6. The van der Waals surface area contributed by atoms with Crippen molar-refractivity contribution in [3.8, 4) is 0 Å². The van der Waals surface area contributed by atoms with E-state index in [2.05, 4.69) is 63.7 Å². The Balaban J connectivity index is 0.000000149. The summed E-state index contributed by atoms with van der Waals surface area (Å²) in [6.45, 7) is 0. The molecule has 0 radical (unpaired) electrons. The van der Waals surface area contributed by atoms with Crippen LogP contribution in [0.25, 0.3) is 32.6 Å². The molecule has 1 N–H and O–H groups in total. The van der Waals surface area contributed by atoms with Crippen LogP contribution in [0.1, 0.15) is 24.0 Å². The molecule has 0 saturated heterocycles. The second-order valence-corrected chi connectivity index (χ2v) is 7.10. The highest BCUT2D eigenvalue weighted by molar-refractivity contribution is 6.08. The molecule has 0 unspecified atom stereocenters. The molecule has 2 aromatic heterocycles. The largest absolute Gasteiger partial charge is 0.276 e. The van der Waals surface area contributed by atoms with Crippen LogP contribution in [0.4, 0.5) is 0 Å². The van der Waals surface area contributed by atoms with E-state index in [0.29, 0.717) is 0 Å². The van der Waals surface area contributed by atoms with E-state index in [1.165, 1.54) is 47.2 Å². The predicted molar refractivity (Wildman–Crippen MR) is 112 cm³/mol. The average molecular weight is 351 g/mol. The Morgan fingerprint density at radius 3 is 2.59 bits per heavy atom. The number of rotatable bonds is 0. The lowest BCUT2D eigenvalue weighted by Gasteiger charge is -2.18. The molecule has 5 aromatic rings. The molecule has 0 saturated carbocycles. The quantitative estimate of drug-likeness (QED) is 0.357. The van der Waals surface area contributed by atoms with Crippen LogP contribution in [-0.4, -0.2) is 15.2 Å². The third-order valence-electron chi connectivity index (χ3n) is 5.47. The zero-order valence-electron chi connectivity index (χ0n) is 15.2. The third kappa shape index (κ3) is 2.95. The molecule has 0 amide bonds. The highest BCUT2D eigenvalue weighted by Crippen LogP contribution is 2.33. The van der Waals surface area contributed by atoms with Gasteiger partial charge >= 0.3 is 0 Å². The maximum atomic E-state index is 4.05. The van der Waals surface area contributed by atoms with Crippen molar-refractivity contribution >= 4 is 32.6 Å². The van der Waals surface area contributed by atoms with Gasteiger partial charge in [0.15, 0.2) is 0 Å². The molecule has 0 aliphatic heterocycles. The summed E-state index contributed by atoms with van der Waals surface area (Å²) in [5.41, 5.74) is 5.07. The van der Waals surface area contributed by atoms with Gasteiger partial charge in [-0.3, -0.25) is 10.1 Å². The van der Waals surface area contributed by atoms with Crippen LogP contribution in [-0.2, 0) is 12.8 Å². The number of aryl methyl sites for hydroxylation is 2. The van der Waals surface area contributed by atoms with Crippen LogP contribution < -0.4 is 0 Å². The van der Waals surface area contributed by atoms with Crippen molar-refractivity contribution in [3.63, 3.8) is 0 Å². The molecule has 2 heterocycles. The number of aromatic amines is 1. The van der Waals surface area contributed by atoms with Gasteiger partial charge in [-0.15, -0.1) is 0 Å². The van der Waals surface area contributed by atoms with Crippen molar-refractivity contribution in [2.75, 3.05) is 0 Å². The normalized spacial score (nSPS) is 13.3. The minimum absolute atomic E-state index is 0.914. The number of benzene rings is 3. The van der Waals surface area contributed by atoms with E-state index in [0.717, 1.165) is 11.0 Å². The lowest BCUT2D eigenvalue weighted by Crippen LogP contribution is -2.02. The van der Waals surface area contributed by atoms with E-state index >= 15 is 0 Å². The fourth-order valence-electron chi connectivity index (χ4n) is 4.12. The maximum Gasteiger partial charge on any atom is 0.108 e. The number of H-pyrrole nitrogens is 1. The Bertz CT molecular complexity index is 1210.